The van der Waals surface area contributed by atoms with E-state index in [9.17, 15) is 4.79 Å². The van der Waals surface area contributed by atoms with E-state index in [1.54, 1.807) is 0 Å². The number of nitrogens with one attached hydrogen (secondary N) is 2. The number of rotatable bonds is 1. The topological polar surface area (TPSA) is 61.5 Å². The minimum atomic E-state index is -0.0504. The minimum Gasteiger partial charge on any atom is -0.343 e. The molecule has 0 unspecified atom stereocenters. The van der Waals surface area contributed by atoms with Gasteiger partial charge in [0.05, 0.1) is 5.39 Å². The van der Waals surface area contributed by atoms with Gasteiger partial charge in [0, 0.05) is 11.6 Å². The highest BCUT2D eigenvalue weighted by Gasteiger charge is 2.12. The monoisotopic (exact) mass is 205 g/mol. The van der Waals surface area contributed by atoms with Gasteiger partial charge in [0.2, 0.25) is 0 Å². The van der Waals surface area contributed by atoms with Crippen molar-refractivity contribution in [3.05, 3.63) is 27.4 Å². The lowest BCUT2D eigenvalue weighted by Crippen LogP contribution is -2.12. The van der Waals surface area contributed by atoms with Crippen molar-refractivity contribution in [1.82, 2.24) is 15.0 Å². The Hall–Kier alpha value is -1.58. The molecule has 0 aromatic carbocycles. The van der Waals surface area contributed by atoms with E-state index in [-0.39, 0.29) is 11.5 Å². The van der Waals surface area contributed by atoms with Crippen LogP contribution in [0.25, 0.3) is 11.0 Å². The maximum atomic E-state index is 11.8. The van der Waals surface area contributed by atoms with Gasteiger partial charge in [-0.1, -0.05) is 13.8 Å². The second-order valence-electron chi connectivity index (χ2n) is 4.20. The lowest BCUT2D eigenvalue weighted by molar-refractivity contribution is 0.775. The molecule has 0 amide bonds. The van der Waals surface area contributed by atoms with Gasteiger partial charge in [-0.05, 0) is 19.4 Å². The fourth-order valence-corrected chi connectivity index (χ4v) is 1.66. The summed E-state index contributed by atoms with van der Waals surface area (Å²) in [5, 5.41) is 0.678. The quantitative estimate of drug-likeness (QED) is 0.747. The predicted molar refractivity (Wildman–Crippen MR) is 60.3 cm³/mol. The Balaban J connectivity index is 2.85. The standard InChI is InChI=1S/C11H15N3O/c1-5(2)9-13-10-8(11(15)14-9)6(3)7(4)12-10/h5H,1-4H3,(H2,12,13,14,15). The van der Waals surface area contributed by atoms with Crippen LogP contribution in [0.4, 0.5) is 0 Å². The molecule has 0 fully saturated rings. The van der Waals surface area contributed by atoms with E-state index >= 15 is 0 Å². The summed E-state index contributed by atoms with van der Waals surface area (Å²) in [5.41, 5.74) is 2.63. The van der Waals surface area contributed by atoms with Gasteiger partial charge in [-0.25, -0.2) is 4.98 Å². The summed E-state index contributed by atoms with van der Waals surface area (Å²) in [6.45, 7) is 7.89. The van der Waals surface area contributed by atoms with Crippen LogP contribution >= 0.6 is 0 Å². The van der Waals surface area contributed by atoms with Gasteiger partial charge in [0.15, 0.2) is 0 Å². The Bertz CT molecular complexity index is 563. The number of H-pyrrole nitrogens is 2. The summed E-state index contributed by atoms with van der Waals surface area (Å²) in [7, 11) is 0. The highest BCUT2D eigenvalue weighted by Crippen LogP contribution is 2.17. The molecule has 2 aromatic heterocycles. The van der Waals surface area contributed by atoms with Crippen molar-refractivity contribution in [3.8, 4) is 0 Å². The summed E-state index contributed by atoms with van der Waals surface area (Å²) in [6, 6.07) is 0. The first-order valence-electron chi connectivity index (χ1n) is 5.09. The smallest absolute Gasteiger partial charge is 0.260 e. The Morgan fingerprint density at radius 1 is 1.20 bits per heavy atom. The van der Waals surface area contributed by atoms with E-state index < -0.39 is 0 Å². The van der Waals surface area contributed by atoms with Crippen LogP contribution in [-0.2, 0) is 0 Å². The zero-order valence-electron chi connectivity index (χ0n) is 9.43. The molecule has 0 saturated carbocycles. The number of nitrogens with zero attached hydrogens (tertiary/aromatic N) is 1. The van der Waals surface area contributed by atoms with Crippen LogP contribution in [0, 0.1) is 13.8 Å². The van der Waals surface area contributed by atoms with E-state index in [4.69, 9.17) is 0 Å². The van der Waals surface area contributed by atoms with Gasteiger partial charge in [-0.15, -0.1) is 0 Å². The number of aromatic amines is 2. The highest BCUT2D eigenvalue weighted by molar-refractivity contribution is 5.79. The first kappa shape index (κ1) is 9.96. The second kappa shape index (κ2) is 3.22. The summed E-state index contributed by atoms with van der Waals surface area (Å²) in [5.74, 6) is 0.958. The maximum Gasteiger partial charge on any atom is 0.260 e. The molecular weight excluding hydrogens is 190 g/mol. The maximum absolute atomic E-state index is 11.8. The van der Waals surface area contributed by atoms with Gasteiger partial charge in [-0.3, -0.25) is 4.79 Å². The molecule has 4 heteroatoms. The number of aromatic nitrogens is 3. The Labute approximate surface area is 87.7 Å². The van der Waals surface area contributed by atoms with Crippen LogP contribution in [0.3, 0.4) is 0 Å². The minimum absolute atomic E-state index is 0.0504. The third-order valence-electron chi connectivity index (χ3n) is 2.73. The zero-order valence-corrected chi connectivity index (χ0v) is 9.43. The molecule has 0 atom stereocenters. The molecule has 15 heavy (non-hydrogen) atoms. The van der Waals surface area contributed by atoms with Gasteiger partial charge in [0.1, 0.15) is 11.5 Å². The molecule has 4 nitrogen and oxygen atoms in total. The fourth-order valence-electron chi connectivity index (χ4n) is 1.66. The van der Waals surface area contributed by atoms with E-state index in [1.807, 2.05) is 27.7 Å². The molecule has 0 spiro atoms. The van der Waals surface area contributed by atoms with Crippen molar-refractivity contribution in [1.29, 1.82) is 0 Å². The summed E-state index contributed by atoms with van der Waals surface area (Å²) in [6.07, 6.45) is 0. The van der Waals surface area contributed by atoms with Crippen molar-refractivity contribution in [2.45, 2.75) is 33.6 Å². The predicted octanol–water partition coefficient (Wildman–Crippen LogP) is 1.99. The van der Waals surface area contributed by atoms with Gasteiger partial charge < -0.3 is 9.97 Å². The van der Waals surface area contributed by atoms with Crippen molar-refractivity contribution < 1.29 is 0 Å². The fraction of sp³-hybridized carbons (Fsp3) is 0.455. The number of aryl methyl sites for hydroxylation is 2. The van der Waals surface area contributed by atoms with Crippen LogP contribution in [0.15, 0.2) is 4.79 Å². The molecule has 2 rings (SSSR count). The Morgan fingerprint density at radius 2 is 1.87 bits per heavy atom. The first-order chi connectivity index (χ1) is 7.00. The average Bonchev–Trinajstić information content (AvgIpc) is 2.42. The van der Waals surface area contributed by atoms with Crippen LogP contribution in [0.2, 0.25) is 0 Å². The Morgan fingerprint density at radius 3 is 2.47 bits per heavy atom. The van der Waals surface area contributed by atoms with E-state index in [0.717, 1.165) is 17.1 Å². The van der Waals surface area contributed by atoms with Gasteiger partial charge in [-0.2, -0.15) is 0 Å². The molecule has 0 saturated heterocycles. The lowest BCUT2D eigenvalue weighted by Gasteiger charge is -2.02. The molecule has 0 aliphatic heterocycles. The second-order valence-corrected chi connectivity index (χ2v) is 4.20. The largest absolute Gasteiger partial charge is 0.343 e. The van der Waals surface area contributed by atoms with Crippen molar-refractivity contribution >= 4 is 11.0 Å². The normalized spacial score (nSPS) is 11.5. The van der Waals surface area contributed by atoms with Crippen LogP contribution < -0.4 is 5.56 Å². The number of fused-ring (bicyclic) bond motifs is 1. The van der Waals surface area contributed by atoms with Crippen LogP contribution in [0.1, 0.15) is 36.8 Å². The third kappa shape index (κ3) is 1.46. The average molecular weight is 205 g/mol. The summed E-state index contributed by atoms with van der Waals surface area (Å²) < 4.78 is 0. The van der Waals surface area contributed by atoms with Crippen molar-refractivity contribution in [2.24, 2.45) is 0 Å². The third-order valence-corrected chi connectivity index (χ3v) is 2.73. The SMILES string of the molecule is Cc1[nH]c2nc(C(C)C)[nH]c(=O)c2c1C. The van der Waals surface area contributed by atoms with Crippen LogP contribution in [0.5, 0.6) is 0 Å². The van der Waals surface area contributed by atoms with Crippen LogP contribution in [-0.4, -0.2) is 15.0 Å². The van der Waals surface area contributed by atoms with Gasteiger partial charge >= 0.3 is 0 Å². The summed E-state index contributed by atoms with van der Waals surface area (Å²) in [4.78, 5) is 22.2. The number of hydrogen-bond acceptors (Lipinski definition) is 2. The molecule has 0 aliphatic carbocycles. The summed E-state index contributed by atoms with van der Waals surface area (Å²) >= 11 is 0. The molecule has 80 valence electrons. The molecule has 0 radical (unpaired) electrons. The molecular formula is C11H15N3O. The zero-order chi connectivity index (χ0) is 11.2. The lowest BCUT2D eigenvalue weighted by atomic mass is 10.2. The molecule has 0 bridgehead atoms. The van der Waals surface area contributed by atoms with E-state index in [1.165, 1.54) is 0 Å². The molecule has 0 aliphatic rings. The van der Waals surface area contributed by atoms with Gasteiger partial charge in [0.25, 0.3) is 5.56 Å². The van der Waals surface area contributed by atoms with E-state index in [0.29, 0.717) is 11.0 Å². The molecule has 2 heterocycles. The van der Waals surface area contributed by atoms with Crippen molar-refractivity contribution in [2.75, 3.05) is 0 Å². The Kier molecular flexibility index (Phi) is 2.14. The molecule has 2 N–H and O–H groups in total. The first-order valence-corrected chi connectivity index (χ1v) is 5.09. The van der Waals surface area contributed by atoms with Crippen molar-refractivity contribution in [3.63, 3.8) is 0 Å². The highest BCUT2D eigenvalue weighted by atomic mass is 16.1. The molecule has 2 aromatic rings. The number of hydrogen-bond donors (Lipinski definition) is 2. The van der Waals surface area contributed by atoms with E-state index in [2.05, 4.69) is 15.0 Å².